The first-order chi connectivity index (χ1) is 10.3. The van der Waals surface area contributed by atoms with Crippen LogP contribution >= 0.6 is 11.8 Å². The molecule has 0 saturated heterocycles. The van der Waals surface area contributed by atoms with E-state index in [2.05, 4.69) is 55.2 Å². The normalized spacial score (nSPS) is 32.1. The number of fused-ring (bicyclic) bond motifs is 1. The highest BCUT2D eigenvalue weighted by Crippen LogP contribution is 2.42. The molecule has 116 valence electrons. The summed E-state index contributed by atoms with van der Waals surface area (Å²) >= 11 is 2.13. The van der Waals surface area contributed by atoms with Crippen LogP contribution in [-0.4, -0.2) is 17.8 Å². The van der Waals surface area contributed by atoms with Gasteiger partial charge in [0.2, 0.25) is 0 Å². The molecule has 0 radical (unpaired) electrons. The lowest BCUT2D eigenvalue weighted by atomic mass is 9.76. The van der Waals surface area contributed by atoms with Gasteiger partial charge in [-0.25, -0.2) is 0 Å². The summed E-state index contributed by atoms with van der Waals surface area (Å²) in [6.45, 7) is 5.91. The average Bonchev–Trinajstić information content (AvgIpc) is 2.88. The zero-order chi connectivity index (χ0) is 14.7. The maximum Gasteiger partial charge on any atom is 0.0138 e. The molecule has 4 unspecified atom stereocenters. The minimum absolute atomic E-state index is 0.769. The third-order valence-corrected chi connectivity index (χ3v) is 6.53. The SMILES string of the molecule is CCCNC1CCC(C)CC1CC1Cc2ccccc2S1. The molecular weight excluding hydrogens is 274 g/mol. The molecule has 4 atom stereocenters. The Balaban J connectivity index is 1.59. The molecule has 0 spiro atoms. The summed E-state index contributed by atoms with van der Waals surface area (Å²) < 4.78 is 0. The zero-order valence-corrected chi connectivity index (χ0v) is 14.3. The fraction of sp³-hybridized carbons (Fsp3) is 0.684. The molecule has 1 saturated carbocycles. The number of benzene rings is 1. The predicted molar refractivity (Wildman–Crippen MR) is 93.0 cm³/mol. The fourth-order valence-electron chi connectivity index (χ4n) is 4.08. The van der Waals surface area contributed by atoms with Gasteiger partial charge >= 0.3 is 0 Å². The van der Waals surface area contributed by atoms with Crippen molar-refractivity contribution in [2.24, 2.45) is 11.8 Å². The Morgan fingerprint density at radius 1 is 1.24 bits per heavy atom. The molecule has 3 rings (SSSR count). The third-order valence-electron chi connectivity index (χ3n) is 5.18. The van der Waals surface area contributed by atoms with Gasteiger partial charge in [-0.15, -0.1) is 11.8 Å². The maximum atomic E-state index is 3.83. The molecule has 0 amide bonds. The van der Waals surface area contributed by atoms with Crippen LogP contribution in [0.1, 0.15) is 51.5 Å². The minimum atomic E-state index is 0.769. The molecule has 1 N–H and O–H groups in total. The zero-order valence-electron chi connectivity index (χ0n) is 13.5. The maximum absolute atomic E-state index is 3.83. The molecule has 2 heteroatoms. The van der Waals surface area contributed by atoms with Crippen molar-refractivity contribution in [3.05, 3.63) is 29.8 Å². The van der Waals surface area contributed by atoms with Gasteiger partial charge in [0.1, 0.15) is 0 Å². The van der Waals surface area contributed by atoms with E-state index in [1.807, 2.05) is 0 Å². The Morgan fingerprint density at radius 3 is 2.90 bits per heavy atom. The van der Waals surface area contributed by atoms with Crippen molar-refractivity contribution in [3.63, 3.8) is 0 Å². The van der Waals surface area contributed by atoms with Gasteiger partial charge in [-0.05, 0) is 68.5 Å². The van der Waals surface area contributed by atoms with E-state index >= 15 is 0 Å². The Labute approximate surface area is 134 Å². The summed E-state index contributed by atoms with van der Waals surface area (Å²) in [7, 11) is 0. The molecule has 1 fully saturated rings. The van der Waals surface area contributed by atoms with E-state index in [0.717, 1.165) is 23.1 Å². The highest BCUT2D eigenvalue weighted by molar-refractivity contribution is 8.00. The summed E-state index contributed by atoms with van der Waals surface area (Å²) in [5.74, 6) is 1.80. The van der Waals surface area contributed by atoms with Crippen LogP contribution < -0.4 is 5.32 Å². The molecule has 1 aromatic carbocycles. The summed E-state index contributed by atoms with van der Waals surface area (Å²) in [5.41, 5.74) is 1.58. The standard InChI is InChI=1S/C19H29NS/c1-3-10-20-18-9-8-14(2)11-16(18)13-17-12-15-6-4-5-7-19(15)21-17/h4-7,14,16-18,20H,3,8-13H2,1-2H3. The Kier molecular flexibility index (Phi) is 5.29. The minimum Gasteiger partial charge on any atom is -0.314 e. The monoisotopic (exact) mass is 303 g/mol. The molecule has 2 aliphatic rings. The van der Waals surface area contributed by atoms with E-state index in [9.17, 15) is 0 Å². The summed E-state index contributed by atoms with van der Waals surface area (Å²) in [6, 6.07) is 9.76. The largest absolute Gasteiger partial charge is 0.314 e. The first-order valence-electron chi connectivity index (χ1n) is 8.74. The Hall–Kier alpha value is -0.470. The van der Waals surface area contributed by atoms with E-state index in [0.29, 0.717) is 0 Å². The van der Waals surface area contributed by atoms with Crippen LogP contribution in [0, 0.1) is 11.8 Å². The van der Waals surface area contributed by atoms with Gasteiger partial charge in [-0.1, -0.05) is 32.0 Å². The fourth-order valence-corrected chi connectivity index (χ4v) is 5.51. The number of hydrogen-bond donors (Lipinski definition) is 1. The van der Waals surface area contributed by atoms with Crippen LogP contribution in [0.3, 0.4) is 0 Å². The lowest BCUT2D eigenvalue weighted by Gasteiger charge is -2.37. The van der Waals surface area contributed by atoms with Crippen molar-refractivity contribution in [1.82, 2.24) is 5.32 Å². The lowest BCUT2D eigenvalue weighted by Crippen LogP contribution is -2.41. The van der Waals surface area contributed by atoms with E-state index in [-0.39, 0.29) is 0 Å². The van der Waals surface area contributed by atoms with Crippen molar-refractivity contribution in [1.29, 1.82) is 0 Å². The summed E-state index contributed by atoms with van der Waals surface area (Å²) in [5, 5.41) is 4.64. The third kappa shape index (κ3) is 3.84. The summed E-state index contributed by atoms with van der Waals surface area (Å²) in [6.07, 6.45) is 8.15. The van der Waals surface area contributed by atoms with E-state index in [4.69, 9.17) is 0 Å². The molecule has 1 aliphatic heterocycles. The molecular formula is C19H29NS. The number of hydrogen-bond acceptors (Lipinski definition) is 2. The van der Waals surface area contributed by atoms with Crippen LogP contribution in [-0.2, 0) is 6.42 Å². The van der Waals surface area contributed by atoms with Crippen molar-refractivity contribution >= 4 is 11.8 Å². The van der Waals surface area contributed by atoms with Crippen molar-refractivity contribution in [3.8, 4) is 0 Å². The second kappa shape index (κ2) is 7.19. The highest BCUT2D eigenvalue weighted by Gasteiger charge is 2.32. The van der Waals surface area contributed by atoms with Gasteiger partial charge in [0.25, 0.3) is 0 Å². The van der Waals surface area contributed by atoms with Gasteiger partial charge in [0, 0.05) is 16.2 Å². The quantitative estimate of drug-likeness (QED) is 0.830. The second-order valence-electron chi connectivity index (χ2n) is 7.03. The predicted octanol–water partition coefficient (Wildman–Crippen LogP) is 4.90. The summed E-state index contributed by atoms with van der Waals surface area (Å²) in [4.78, 5) is 1.53. The number of nitrogens with one attached hydrogen (secondary N) is 1. The first-order valence-corrected chi connectivity index (χ1v) is 9.62. The molecule has 21 heavy (non-hydrogen) atoms. The van der Waals surface area contributed by atoms with Gasteiger partial charge < -0.3 is 5.32 Å². The molecule has 0 bridgehead atoms. The van der Waals surface area contributed by atoms with Crippen LogP contribution in [0.2, 0.25) is 0 Å². The van der Waals surface area contributed by atoms with Crippen LogP contribution in [0.5, 0.6) is 0 Å². The molecule has 1 aliphatic carbocycles. The average molecular weight is 304 g/mol. The van der Waals surface area contributed by atoms with Gasteiger partial charge in [0.05, 0.1) is 0 Å². The molecule has 1 nitrogen and oxygen atoms in total. The van der Waals surface area contributed by atoms with Gasteiger partial charge in [-0.2, -0.15) is 0 Å². The molecule has 0 aromatic heterocycles. The molecule has 1 heterocycles. The topological polar surface area (TPSA) is 12.0 Å². The van der Waals surface area contributed by atoms with Crippen LogP contribution in [0.25, 0.3) is 0 Å². The lowest BCUT2D eigenvalue weighted by molar-refractivity contribution is 0.202. The first kappa shape index (κ1) is 15.4. The van der Waals surface area contributed by atoms with Gasteiger partial charge in [0.15, 0.2) is 0 Å². The van der Waals surface area contributed by atoms with Crippen LogP contribution in [0.15, 0.2) is 29.2 Å². The van der Waals surface area contributed by atoms with E-state index < -0.39 is 0 Å². The van der Waals surface area contributed by atoms with E-state index in [1.54, 1.807) is 5.56 Å². The van der Waals surface area contributed by atoms with Crippen molar-refractivity contribution < 1.29 is 0 Å². The van der Waals surface area contributed by atoms with Gasteiger partial charge in [-0.3, -0.25) is 0 Å². The van der Waals surface area contributed by atoms with Crippen molar-refractivity contribution in [2.45, 2.75) is 68.6 Å². The Bertz CT molecular complexity index is 432. The van der Waals surface area contributed by atoms with Crippen LogP contribution in [0.4, 0.5) is 0 Å². The number of thioether (sulfide) groups is 1. The number of rotatable bonds is 5. The second-order valence-corrected chi connectivity index (χ2v) is 8.37. The van der Waals surface area contributed by atoms with Crippen molar-refractivity contribution in [2.75, 3.05) is 6.54 Å². The van der Waals surface area contributed by atoms with E-state index in [1.165, 1.54) is 50.0 Å². The molecule has 1 aromatic rings. The highest BCUT2D eigenvalue weighted by atomic mass is 32.2. The Morgan fingerprint density at radius 2 is 2.10 bits per heavy atom. The smallest absolute Gasteiger partial charge is 0.0138 e.